The molecule has 0 unspecified atom stereocenters. The lowest BCUT2D eigenvalue weighted by molar-refractivity contribution is 0.563. The van der Waals surface area contributed by atoms with Gasteiger partial charge >= 0.3 is 5.63 Å². The van der Waals surface area contributed by atoms with E-state index in [0.717, 1.165) is 21.9 Å². The maximum atomic E-state index is 12.5. The molecule has 0 saturated heterocycles. The van der Waals surface area contributed by atoms with Gasteiger partial charge in [-0.2, -0.15) is 5.26 Å². The van der Waals surface area contributed by atoms with Crippen molar-refractivity contribution in [3.8, 4) is 17.3 Å². The Bertz CT molecular complexity index is 1640. The third-order valence-electron chi connectivity index (χ3n) is 5.10. The number of fused-ring (bicyclic) bond motifs is 2. The van der Waals surface area contributed by atoms with Crippen molar-refractivity contribution in [2.24, 2.45) is 0 Å². The van der Waals surface area contributed by atoms with Crippen LogP contribution in [0.1, 0.15) is 16.1 Å². The van der Waals surface area contributed by atoms with Gasteiger partial charge in [0.25, 0.3) is 0 Å². The Balaban J connectivity index is 1.57. The molecule has 0 saturated carbocycles. The molecule has 0 radical (unpaired) electrons. The second-order valence-electron chi connectivity index (χ2n) is 7.21. The average molecular weight is 456 g/mol. The maximum absolute atomic E-state index is 12.5. The number of nitrogens with zero attached hydrogens (tertiary/aromatic N) is 3. The zero-order chi connectivity index (χ0) is 22.2. The molecule has 0 aliphatic carbocycles. The summed E-state index contributed by atoms with van der Waals surface area (Å²) in [6.45, 7) is 1.97. The highest BCUT2D eigenvalue weighted by atomic mass is 35.5. The van der Waals surface area contributed by atoms with Crippen molar-refractivity contribution >= 4 is 56.5 Å². The lowest BCUT2D eigenvalue weighted by atomic mass is 10.1. The first kappa shape index (κ1) is 20.1. The van der Waals surface area contributed by atoms with Crippen LogP contribution in [0.5, 0.6) is 0 Å². The zero-order valence-corrected chi connectivity index (χ0v) is 18.4. The highest BCUT2D eigenvalue weighted by molar-refractivity contribution is 7.11. The number of rotatable bonds is 3. The van der Waals surface area contributed by atoms with Gasteiger partial charge in [-0.1, -0.05) is 48.0 Å². The van der Waals surface area contributed by atoms with Gasteiger partial charge in [-0.05, 0) is 36.8 Å². The van der Waals surface area contributed by atoms with Gasteiger partial charge in [-0.15, -0.1) is 11.3 Å². The fourth-order valence-corrected chi connectivity index (χ4v) is 4.48. The zero-order valence-electron chi connectivity index (χ0n) is 16.8. The van der Waals surface area contributed by atoms with Crippen molar-refractivity contribution in [1.82, 2.24) is 9.97 Å². The molecule has 2 aromatic carbocycles. The lowest BCUT2D eigenvalue weighted by Crippen LogP contribution is -2.02. The first-order valence-electron chi connectivity index (χ1n) is 9.70. The Morgan fingerprint density at radius 1 is 1.12 bits per heavy atom. The molecule has 0 fully saturated rings. The van der Waals surface area contributed by atoms with Crippen LogP contribution in [-0.2, 0) is 0 Å². The van der Waals surface area contributed by atoms with Crippen LogP contribution in [0.25, 0.3) is 44.8 Å². The molecular formula is C25H14ClN3O2S. The number of nitriles is 1. The Hall–Kier alpha value is -3.79. The quantitative estimate of drug-likeness (QED) is 0.176. The first-order chi connectivity index (χ1) is 15.5. The Kier molecular flexibility index (Phi) is 5.06. The maximum Gasteiger partial charge on any atom is 0.345 e. The third kappa shape index (κ3) is 3.58. The fourth-order valence-electron chi connectivity index (χ4n) is 3.50. The molecule has 5 rings (SSSR count). The van der Waals surface area contributed by atoms with Crippen molar-refractivity contribution in [3.05, 3.63) is 91.7 Å². The third-order valence-corrected chi connectivity index (χ3v) is 6.28. The lowest BCUT2D eigenvalue weighted by Gasteiger charge is -2.05. The first-order valence-corrected chi connectivity index (χ1v) is 11.0. The van der Waals surface area contributed by atoms with Gasteiger partial charge in [0.15, 0.2) is 0 Å². The second-order valence-corrected chi connectivity index (χ2v) is 8.42. The number of pyridine rings is 1. The molecule has 0 aliphatic heterocycles. The number of halogens is 1. The topological polar surface area (TPSA) is 79.8 Å². The number of para-hydroxylation sites is 2. The summed E-state index contributed by atoms with van der Waals surface area (Å²) in [4.78, 5) is 21.5. The molecule has 3 heterocycles. The summed E-state index contributed by atoms with van der Waals surface area (Å²) in [5, 5.41) is 14.0. The summed E-state index contributed by atoms with van der Waals surface area (Å²) in [5.41, 5.74) is 3.67. The summed E-state index contributed by atoms with van der Waals surface area (Å²) in [7, 11) is 0. The summed E-state index contributed by atoms with van der Waals surface area (Å²) in [5.74, 6) is 0. The van der Waals surface area contributed by atoms with Crippen molar-refractivity contribution in [1.29, 1.82) is 5.26 Å². The summed E-state index contributed by atoms with van der Waals surface area (Å²) < 4.78 is 5.41. The van der Waals surface area contributed by atoms with Crippen LogP contribution in [0.2, 0.25) is 5.15 Å². The molecule has 5 aromatic rings. The molecule has 7 heteroatoms. The smallest absolute Gasteiger partial charge is 0.345 e. The van der Waals surface area contributed by atoms with E-state index in [1.807, 2.05) is 49.4 Å². The van der Waals surface area contributed by atoms with Gasteiger partial charge < -0.3 is 4.42 Å². The molecular weight excluding hydrogens is 442 g/mol. The van der Waals surface area contributed by atoms with E-state index in [9.17, 15) is 10.1 Å². The number of hydrogen-bond donors (Lipinski definition) is 0. The normalized spacial score (nSPS) is 11.7. The molecule has 0 spiro atoms. The van der Waals surface area contributed by atoms with Gasteiger partial charge in [0.05, 0.1) is 22.3 Å². The van der Waals surface area contributed by atoms with Crippen molar-refractivity contribution in [2.45, 2.75) is 6.92 Å². The van der Waals surface area contributed by atoms with E-state index in [0.29, 0.717) is 38.1 Å². The highest BCUT2D eigenvalue weighted by Gasteiger charge is 2.15. The standard InChI is InChI=1S/C25H14ClN3O2S/c1-14-5-4-7-16-9-17(23(26)29-22(14)16)10-18(12-27)24-28-20(13-32-24)19-11-15-6-2-3-8-21(15)31-25(19)30/h2-11,13H,1H3. The minimum atomic E-state index is -0.472. The van der Waals surface area contributed by atoms with Crippen LogP contribution in [0.4, 0.5) is 0 Å². The van der Waals surface area contributed by atoms with Gasteiger partial charge in [-0.25, -0.2) is 14.8 Å². The molecule has 5 nitrogen and oxygen atoms in total. The van der Waals surface area contributed by atoms with Crippen molar-refractivity contribution < 1.29 is 4.42 Å². The SMILES string of the molecule is Cc1cccc2cc(C=C(C#N)c3nc(-c4cc5ccccc5oc4=O)cs3)c(Cl)nc12. The fraction of sp³-hybridized carbons (Fsp3) is 0.0400. The van der Waals surface area contributed by atoms with E-state index in [-0.39, 0.29) is 0 Å². The van der Waals surface area contributed by atoms with E-state index >= 15 is 0 Å². The van der Waals surface area contributed by atoms with E-state index in [1.54, 1.807) is 23.6 Å². The van der Waals surface area contributed by atoms with Gasteiger partial charge in [0.1, 0.15) is 21.8 Å². The Morgan fingerprint density at radius 2 is 1.94 bits per heavy atom. The number of aryl methyl sites for hydroxylation is 1. The Morgan fingerprint density at radius 3 is 2.78 bits per heavy atom. The highest BCUT2D eigenvalue weighted by Crippen LogP contribution is 2.30. The number of aromatic nitrogens is 2. The summed E-state index contributed by atoms with van der Waals surface area (Å²) >= 11 is 7.68. The van der Waals surface area contributed by atoms with E-state index in [2.05, 4.69) is 16.0 Å². The number of benzene rings is 2. The van der Waals surface area contributed by atoms with E-state index in [4.69, 9.17) is 16.0 Å². The van der Waals surface area contributed by atoms with Crippen LogP contribution in [0.3, 0.4) is 0 Å². The predicted octanol–water partition coefficient (Wildman–Crippen LogP) is 6.49. The van der Waals surface area contributed by atoms with E-state index < -0.39 is 5.63 Å². The van der Waals surface area contributed by atoms with Crippen molar-refractivity contribution in [3.63, 3.8) is 0 Å². The molecule has 0 amide bonds. The minimum absolute atomic E-state index is 0.312. The Labute approximate surface area is 191 Å². The molecule has 0 bridgehead atoms. The average Bonchev–Trinajstić information content (AvgIpc) is 3.27. The second kappa shape index (κ2) is 8.04. The number of thiazole rings is 1. The summed E-state index contributed by atoms with van der Waals surface area (Å²) in [6, 6.07) is 19.0. The van der Waals surface area contributed by atoms with Crippen LogP contribution >= 0.6 is 22.9 Å². The van der Waals surface area contributed by atoms with Gasteiger partial charge in [0, 0.05) is 21.7 Å². The van der Waals surface area contributed by atoms with E-state index in [1.165, 1.54) is 11.3 Å². The largest absolute Gasteiger partial charge is 0.422 e. The minimum Gasteiger partial charge on any atom is -0.422 e. The monoisotopic (exact) mass is 455 g/mol. The molecule has 0 N–H and O–H groups in total. The van der Waals surface area contributed by atoms with Crippen molar-refractivity contribution in [2.75, 3.05) is 0 Å². The molecule has 32 heavy (non-hydrogen) atoms. The number of allylic oxidation sites excluding steroid dienone is 1. The molecule has 0 atom stereocenters. The summed E-state index contributed by atoms with van der Waals surface area (Å²) in [6.07, 6.45) is 1.67. The van der Waals surface area contributed by atoms with Gasteiger partial charge in [-0.3, -0.25) is 0 Å². The van der Waals surface area contributed by atoms with Gasteiger partial charge in [0.2, 0.25) is 0 Å². The van der Waals surface area contributed by atoms with Crippen LogP contribution in [-0.4, -0.2) is 9.97 Å². The molecule has 0 aliphatic rings. The molecule has 154 valence electrons. The molecule has 3 aromatic heterocycles. The number of hydrogen-bond acceptors (Lipinski definition) is 6. The van der Waals surface area contributed by atoms with Crippen LogP contribution in [0.15, 0.2) is 69.2 Å². The van der Waals surface area contributed by atoms with Crippen LogP contribution in [0, 0.1) is 18.3 Å². The van der Waals surface area contributed by atoms with Crippen LogP contribution < -0.4 is 5.63 Å². The predicted molar refractivity (Wildman–Crippen MR) is 129 cm³/mol.